The van der Waals surface area contributed by atoms with Gasteiger partial charge in [-0.15, -0.1) is 0 Å². The molecule has 0 aliphatic heterocycles. The molecule has 0 atom stereocenters. The van der Waals surface area contributed by atoms with Crippen molar-refractivity contribution in [2.75, 3.05) is 22.1 Å². The van der Waals surface area contributed by atoms with Gasteiger partial charge in [-0.2, -0.15) is 0 Å². The topological polar surface area (TPSA) is 125 Å². The molecule has 0 aromatic heterocycles. The highest BCUT2D eigenvalue weighted by molar-refractivity contribution is 6.02. The number of urea groups is 1. The number of nitrogens with zero attached hydrogens (tertiary/aromatic N) is 2. The van der Waals surface area contributed by atoms with Crippen molar-refractivity contribution >= 4 is 34.9 Å². The second-order valence-corrected chi connectivity index (χ2v) is 5.76. The molecule has 0 saturated carbocycles. The Morgan fingerprint density at radius 3 is 2.15 bits per heavy atom. The first kappa shape index (κ1) is 19.7. The molecule has 3 amide bonds. The van der Waals surface area contributed by atoms with Crippen molar-refractivity contribution in [1.29, 1.82) is 0 Å². The van der Waals surface area contributed by atoms with Crippen molar-refractivity contribution in [3.8, 4) is 0 Å². The van der Waals surface area contributed by atoms with Crippen LogP contribution in [-0.2, 0) is 0 Å². The molecule has 9 heteroatoms. The number of benzene rings is 2. The zero-order chi connectivity index (χ0) is 20.1. The number of carbonyl (C=O) groups excluding carboxylic acids is 1. The Morgan fingerprint density at radius 1 is 1.07 bits per heavy atom. The molecule has 142 valence electrons. The number of carboxylic acid groups (broad SMARTS) is 1. The van der Waals surface area contributed by atoms with Crippen LogP contribution in [0, 0.1) is 24.0 Å². The molecule has 9 nitrogen and oxygen atoms in total. The minimum atomic E-state index is -1.09. The van der Waals surface area contributed by atoms with E-state index >= 15 is 0 Å². The lowest BCUT2D eigenvalue weighted by Gasteiger charge is -2.21. The zero-order valence-electron chi connectivity index (χ0n) is 15.1. The molecule has 0 aliphatic rings. The fraction of sp³-hybridized carbons (Fsp3) is 0.222. The number of hydrogen-bond donors (Lipinski definition) is 3. The van der Waals surface area contributed by atoms with Gasteiger partial charge in [-0.3, -0.25) is 15.0 Å². The second-order valence-electron chi connectivity index (χ2n) is 5.76. The molecule has 0 radical (unpaired) electrons. The predicted molar refractivity (Wildman–Crippen MR) is 103 cm³/mol. The van der Waals surface area contributed by atoms with Crippen LogP contribution in [0.15, 0.2) is 36.4 Å². The Kier molecular flexibility index (Phi) is 5.96. The maximum Gasteiger partial charge on any atom is 0.411 e. The summed E-state index contributed by atoms with van der Waals surface area (Å²) in [5.41, 5.74) is 2.06. The molecule has 2 rings (SSSR count). The third-order valence-corrected chi connectivity index (χ3v) is 4.14. The summed E-state index contributed by atoms with van der Waals surface area (Å²) in [5.74, 6) is 0. The molecule has 2 aromatic rings. The van der Waals surface area contributed by atoms with Crippen LogP contribution in [0.4, 0.5) is 32.3 Å². The third kappa shape index (κ3) is 4.32. The quantitative estimate of drug-likeness (QED) is 0.531. The van der Waals surface area contributed by atoms with Gasteiger partial charge < -0.3 is 15.7 Å². The summed E-state index contributed by atoms with van der Waals surface area (Å²) < 4.78 is 0. The fourth-order valence-corrected chi connectivity index (χ4v) is 2.69. The smallest absolute Gasteiger partial charge is 0.411 e. The normalized spacial score (nSPS) is 10.2. The fourth-order valence-electron chi connectivity index (χ4n) is 2.69. The van der Waals surface area contributed by atoms with Crippen molar-refractivity contribution in [2.24, 2.45) is 0 Å². The summed E-state index contributed by atoms with van der Waals surface area (Å²) in [6, 6.07) is 8.76. The minimum absolute atomic E-state index is 0.0916. The van der Waals surface area contributed by atoms with Crippen LogP contribution in [0.2, 0.25) is 0 Å². The van der Waals surface area contributed by atoms with Gasteiger partial charge in [-0.05, 0) is 44.5 Å². The van der Waals surface area contributed by atoms with Crippen LogP contribution in [0.3, 0.4) is 0 Å². The lowest BCUT2D eigenvalue weighted by Crippen LogP contribution is -2.29. The van der Waals surface area contributed by atoms with Crippen molar-refractivity contribution in [2.45, 2.75) is 20.8 Å². The third-order valence-electron chi connectivity index (χ3n) is 4.14. The Morgan fingerprint density at radius 2 is 1.63 bits per heavy atom. The van der Waals surface area contributed by atoms with Gasteiger partial charge in [0.25, 0.3) is 5.69 Å². The average molecular weight is 372 g/mol. The van der Waals surface area contributed by atoms with Crippen molar-refractivity contribution in [1.82, 2.24) is 0 Å². The molecule has 0 heterocycles. The highest BCUT2D eigenvalue weighted by Gasteiger charge is 2.18. The summed E-state index contributed by atoms with van der Waals surface area (Å²) in [4.78, 5) is 35.3. The highest BCUT2D eigenvalue weighted by Crippen LogP contribution is 2.28. The molecule has 3 N–H and O–H groups in total. The summed E-state index contributed by atoms with van der Waals surface area (Å²) in [6.45, 7) is 5.23. The maximum atomic E-state index is 12.3. The first-order chi connectivity index (χ1) is 12.8. The molecule has 0 unspecified atom stereocenters. The van der Waals surface area contributed by atoms with E-state index in [4.69, 9.17) is 0 Å². The van der Waals surface area contributed by atoms with Gasteiger partial charge in [0.2, 0.25) is 0 Å². The van der Waals surface area contributed by atoms with Crippen molar-refractivity contribution < 1.29 is 19.6 Å². The van der Waals surface area contributed by atoms with E-state index in [1.165, 1.54) is 17.0 Å². The van der Waals surface area contributed by atoms with Gasteiger partial charge in [0, 0.05) is 18.3 Å². The highest BCUT2D eigenvalue weighted by atomic mass is 16.6. The van der Waals surface area contributed by atoms with Crippen LogP contribution in [0.25, 0.3) is 0 Å². The minimum Gasteiger partial charge on any atom is -0.465 e. The Labute approximate surface area is 155 Å². The van der Waals surface area contributed by atoms with E-state index < -0.39 is 17.0 Å². The average Bonchev–Trinajstić information content (AvgIpc) is 2.60. The molecule has 2 aromatic carbocycles. The molecular formula is C18H20N4O5. The van der Waals surface area contributed by atoms with E-state index in [1.54, 1.807) is 45.0 Å². The van der Waals surface area contributed by atoms with E-state index in [9.17, 15) is 24.8 Å². The maximum absolute atomic E-state index is 12.3. The Hall–Kier alpha value is -3.62. The number of rotatable bonds is 5. The number of hydrogen-bond acceptors (Lipinski definition) is 4. The standard InChI is InChI=1S/C18H20N4O5/c1-4-21(18(24)25)15-9-5-7-13(11(15)2)19-17(23)20-14-8-6-10-16(12(14)3)22(26)27/h5-10H,4H2,1-3H3,(H,24,25)(H2,19,20,23). The van der Waals surface area contributed by atoms with E-state index in [2.05, 4.69) is 10.6 Å². The van der Waals surface area contributed by atoms with Crippen molar-refractivity contribution in [3.05, 3.63) is 57.6 Å². The van der Waals surface area contributed by atoms with Gasteiger partial charge in [-0.25, -0.2) is 9.59 Å². The molecular weight excluding hydrogens is 352 g/mol. The Bertz CT molecular complexity index is 897. The summed E-state index contributed by atoms with van der Waals surface area (Å²) >= 11 is 0. The lowest BCUT2D eigenvalue weighted by atomic mass is 10.1. The molecule has 0 bridgehead atoms. The molecule has 0 saturated heterocycles. The van der Waals surface area contributed by atoms with E-state index in [-0.39, 0.29) is 12.2 Å². The SMILES string of the molecule is CCN(C(=O)O)c1cccc(NC(=O)Nc2cccc([N+](=O)[O-])c2C)c1C. The van der Waals surface area contributed by atoms with Crippen molar-refractivity contribution in [3.63, 3.8) is 0 Å². The summed E-state index contributed by atoms with van der Waals surface area (Å²) in [7, 11) is 0. The van der Waals surface area contributed by atoms with E-state index in [0.717, 1.165) is 0 Å². The molecule has 0 spiro atoms. The number of amides is 3. The first-order valence-corrected chi connectivity index (χ1v) is 8.18. The monoisotopic (exact) mass is 372 g/mol. The number of nitro benzene ring substituents is 1. The number of nitrogens with one attached hydrogen (secondary N) is 2. The zero-order valence-corrected chi connectivity index (χ0v) is 15.1. The van der Waals surface area contributed by atoms with Gasteiger partial charge in [0.05, 0.1) is 21.9 Å². The van der Waals surface area contributed by atoms with Gasteiger partial charge in [0.15, 0.2) is 0 Å². The van der Waals surface area contributed by atoms with Gasteiger partial charge in [0.1, 0.15) is 0 Å². The van der Waals surface area contributed by atoms with Crippen LogP contribution in [0.5, 0.6) is 0 Å². The predicted octanol–water partition coefficient (Wildman–Crippen LogP) is 4.36. The molecule has 0 aliphatic carbocycles. The van der Waals surface area contributed by atoms with Gasteiger partial charge >= 0.3 is 12.1 Å². The second kappa shape index (κ2) is 8.17. The van der Waals surface area contributed by atoms with Crippen LogP contribution in [0.1, 0.15) is 18.1 Å². The number of carbonyl (C=O) groups is 2. The van der Waals surface area contributed by atoms with Gasteiger partial charge in [-0.1, -0.05) is 12.1 Å². The number of anilines is 3. The Balaban J connectivity index is 2.23. The van der Waals surface area contributed by atoms with E-state index in [0.29, 0.717) is 28.2 Å². The first-order valence-electron chi connectivity index (χ1n) is 8.18. The number of nitro groups is 1. The van der Waals surface area contributed by atoms with Crippen LogP contribution >= 0.6 is 0 Å². The molecule has 0 fully saturated rings. The largest absolute Gasteiger partial charge is 0.465 e. The summed E-state index contributed by atoms with van der Waals surface area (Å²) in [6.07, 6.45) is -1.09. The summed E-state index contributed by atoms with van der Waals surface area (Å²) in [5, 5.41) is 25.5. The lowest BCUT2D eigenvalue weighted by molar-refractivity contribution is -0.385. The van der Waals surface area contributed by atoms with E-state index in [1.807, 2.05) is 0 Å². The van der Waals surface area contributed by atoms with Crippen LogP contribution < -0.4 is 15.5 Å². The molecule has 27 heavy (non-hydrogen) atoms. The van der Waals surface area contributed by atoms with Crippen LogP contribution in [-0.4, -0.2) is 28.7 Å².